The van der Waals surface area contributed by atoms with Crippen molar-refractivity contribution in [2.24, 2.45) is 0 Å². The molecule has 2 aromatic rings. The van der Waals surface area contributed by atoms with E-state index in [4.69, 9.17) is 10.5 Å². The number of nitrogens with two attached hydrogens (primary N) is 1. The number of tetrazole rings is 1. The van der Waals surface area contributed by atoms with Gasteiger partial charge in [-0.25, -0.2) is 4.68 Å². The SMILES string of the molecule is CC(C1CCCO1)n1nnnc1-c1cccc(N)c1. The molecule has 2 atom stereocenters. The number of anilines is 1. The van der Waals surface area contributed by atoms with Gasteiger partial charge in [0.25, 0.3) is 0 Å². The number of rotatable bonds is 3. The summed E-state index contributed by atoms with van der Waals surface area (Å²) in [5.41, 5.74) is 7.44. The number of nitrogen functional groups attached to an aromatic ring is 1. The third-order valence-electron chi connectivity index (χ3n) is 3.53. The highest BCUT2D eigenvalue weighted by atomic mass is 16.5. The maximum Gasteiger partial charge on any atom is 0.182 e. The van der Waals surface area contributed by atoms with Gasteiger partial charge in [0.15, 0.2) is 5.82 Å². The summed E-state index contributed by atoms with van der Waals surface area (Å²) in [7, 11) is 0. The Bertz CT molecular complexity index is 562. The highest BCUT2D eigenvalue weighted by Gasteiger charge is 2.26. The van der Waals surface area contributed by atoms with Gasteiger partial charge in [0.1, 0.15) is 0 Å². The van der Waals surface area contributed by atoms with E-state index in [1.54, 1.807) is 0 Å². The van der Waals surface area contributed by atoms with Gasteiger partial charge in [0.05, 0.1) is 12.1 Å². The van der Waals surface area contributed by atoms with Crippen LogP contribution >= 0.6 is 0 Å². The molecule has 1 aliphatic rings. The Kier molecular flexibility index (Phi) is 3.16. The molecule has 19 heavy (non-hydrogen) atoms. The summed E-state index contributed by atoms with van der Waals surface area (Å²) in [6.07, 6.45) is 2.34. The molecule has 1 aliphatic heterocycles. The molecule has 6 heteroatoms. The van der Waals surface area contributed by atoms with E-state index in [0.29, 0.717) is 5.69 Å². The Labute approximate surface area is 111 Å². The first-order chi connectivity index (χ1) is 9.25. The molecule has 1 saturated heterocycles. The van der Waals surface area contributed by atoms with Crippen LogP contribution in [0.15, 0.2) is 24.3 Å². The van der Waals surface area contributed by atoms with Crippen LogP contribution in [0.5, 0.6) is 0 Å². The number of benzene rings is 1. The minimum Gasteiger partial charge on any atom is -0.399 e. The summed E-state index contributed by atoms with van der Waals surface area (Å²) in [4.78, 5) is 0. The largest absolute Gasteiger partial charge is 0.399 e. The summed E-state index contributed by atoms with van der Waals surface area (Å²) in [5, 5.41) is 12.0. The topological polar surface area (TPSA) is 78.8 Å². The molecule has 3 rings (SSSR count). The summed E-state index contributed by atoms with van der Waals surface area (Å²) < 4.78 is 7.54. The molecule has 2 unspecified atom stereocenters. The van der Waals surface area contributed by atoms with Gasteiger partial charge < -0.3 is 10.5 Å². The van der Waals surface area contributed by atoms with Crippen molar-refractivity contribution in [3.8, 4) is 11.4 Å². The zero-order valence-corrected chi connectivity index (χ0v) is 10.9. The Balaban J connectivity index is 1.93. The number of hydrogen-bond donors (Lipinski definition) is 1. The first kappa shape index (κ1) is 12.1. The highest BCUT2D eigenvalue weighted by Crippen LogP contribution is 2.27. The van der Waals surface area contributed by atoms with E-state index in [9.17, 15) is 0 Å². The predicted molar refractivity (Wildman–Crippen MR) is 71.4 cm³/mol. The molecule has 0 bridgehead atoms. The molecule has 100 valence electrons. The zero-order valence-electron chi connectivity index (χ0n) is 10.9. The lowest BCUT2D eigenvalue weighted by molar-refractivity contribution is 0.0690. The third kappa shape index (κ3) is 2.31. The van der Waals surface area contributed by atoms with Crippen LogP contribution in [0.4, 0.5) is 5.69 Å². The van der Waals surface area contributed by atoms with Crippen LogP contribution in [0.25, 0.3) is 11.4 Å². The first-order valence-electron chi connectivity index (χ1n) is 6.51. The van der Waals surface area contributed by atoms with Gasteiger partial charge in [-0.3, -0.25) is 0 Å². The van der Waals surface area contributed by atoms with Crippen molar-refractivity contribution in [3.05, 3.63) is 24.3 Å². The summed E-state index contributed by atoms with van der Waals surface area (Å²) in [5.74, 6) is 0.732. The smallest absolute Gasteiger partial charge is 0.182 e. The molecule has 0 saturated carbocycles. The normalized spacial score (nSPS) is 20.6. The second kappa shape index (κ2) is 4.97. The average Bonchev–Trinajstić information content (AvgIpc) is 3.09. The molecular weight excluding hydrogens is 242 g/mol. The monoisotopic (exact) mass is 259 g/mol. The Morgan fingerprint density at radius 2 is 2.37 bits per heavy atom. The number of nitrogens with zero attached hydrogens (tertiary/aromatic N) is 4. The number of aromatic nitrogens is 4. The van der Waals surface area contributed by atoms with Crippen molar-refractivity contribution >= 4 is 5.69 Å². The zero-order chi connectivity index (χ0) is 13.2. The van der Waals surface area contributed by atoms with Crippen LogP contribution < -0.4 is 5.73 Å². The van der Waals surface area contributed by atoms with E-state index in [0.717, 1.165) is 30.8 Å². The fourth-order valence-corrected chi connectivity index (χ4v) is 2.48. The molecule has 0 aliphatic carbocycles. The predicted octanol–water partition coefficient (Wildman–Crippen LogP) is 1.66. The maximum absolute atomic E-state index is 5.81. The highest BCUT2D eigenvalue weighted by molar-refractivity contribution is 5.60. The molecule has 2 N–H and O–H groups in total. The van der Waals surface area contributed by atoms with Crippen molar-refractivity contribution in [2.75, 3.05) is 12.3 Å². The van der Waals surface area contributed by atoms with E-state index in [-0.39, 0.29) is 12.1 Å². The molecule has 1 aromatic heterocycles. The summed E-state index contributed by atoms with van der Waals surface area (Å²) >= 11 is 0. The number of ether oxygens (including phenoxy) is 1. The van der Waals surface area contributed by atoms with Crippen molar-refractivity contribution < 1.29 is 4.74 Å². The van der Waals surface area contributed by atoms with E-state index in [2.05, 4.69) is 22.4 Å². The molecule has 2 heterocycles. The van der Waals surface area contributed by atoms with E-state index < -0.39 is 0 Å². The minimum atomic E-state index is 0.119. The Morgan fingerprint density at radius 3 is 3.11 bits per heavy atom. The van der Waals surface area contributed by atoms with E-state index in [1.165, 1.54) is 0 Å². The van der Waals surface area contributed by atoms with Crippen LogP contribution in [0.3, 0.4) is 0 Å². The fraction of sp³-hybridized carbons (Fsp3) is 0.462. The van der Waals surface area contributed by atoms with Crippen molar-refractivity contribution in [1.82, 2.24) is 20.2 Å². The van der Waals surface area contributed by atoms with Crippen LogP contribution in [0, 0.1) is 0 Å². The molecular formula is C13H17N5O. The fourth-order valence-electron chi connectivity index (χ4n) is 2.48. The van der Waals surface area contributed by atoms with E-state index in [1.807, 2.05) is 28.9 Å². The maximum atomic E-state index is 5.81. The third-order valence-corrected chi connectivity index (χ3v) is 3.53. The lowest BCUT2D eigenvalue weighted by Crippen LogP contribution is -2.22. The minimum absolute atomic E-state index is 0.119. The van der Waals surface area contributed by atoms with Crippen LogP contribution in [-0.2, 0) is 4.74 Å². The standard InChI is InChI=1S/C13H17N5O/c1-9(12-6-3-7-19-12)18-13(15-16-17-18)10-4-2-5-11(14)8-10/h2,4-5,8-9,12H,3,6-7,14H2,1H3. The molecule has 0 radical (unpaired) electrons. The molecule has 6 nitrogen and oxygen atoms in total. The van der Waals surface area contributed by atoms with Gasteiger partial charge in [-0.1, -0.05) is 12.1 Å². The van der Waals surface area contributed by atoms with Gasteiger partial charge >= 0.3 is 0 Å². The van der Waals surface area contributed by atoms with Crippen LogP contribution in [0.1, 0.15) is 25.8 Å². The Morgan fingerprint density at radius 1 is 1.47 bits per heavy atom. The van der Waals surface area contributed by atoms with Gasteiger partial charge in [-0.2, -0.15) is 0 Å². The van der Waals surface area contributed by atoms with Gasteiger partial charge in [0.2, 0.25) is 0 Å². The lowest BCUT2D eigenvalue weighted by atomic mass is 10.1. The van der Waals surface area contributed by atoms with Crippen molar-refractivity contribution in [1.29, 1.82) is 0 Å². The second-order valence-corrected chi connectivity index (χ2v) is 4.86. The van der Waals surface area contributed by atoms with Crippen LogP contribution in [-0.4, -0.2) is 32.9 Å². The summed E-state index contributed by atoms with van der Waals surface area (Å²) in [6.45, 7) is 2.91. The second-order valence-electron chi connectivity index (χ2n) is 4.86. The molecule has 0 spiro atoms. The number of hydrogen-bond acceptors (Lipinski definition) is 5. The average molecular weight is 259 g/mol. The van der Waals surface area contributed by atoms with Crippen LogP contribution in [0.2, 0.25) is 0 Å². The first-order valence-corrected chi connectivity index (χ1v) is 6.51. The quantitative estimate of drug-likeness (QED) is 0.848. The molecule has 0 amide bonds. The van der Waals surface area contributed by atoms with E-state index >= 15 is 0 Å². The van der Waals surface area contributed by atoms with Gasteiger partial charge in [-0.15, -0.1) is 5.10 Å². The Hall–Kier alpha value is -1.95. The van der Waals surface area contributed by atoms with Crippen molar-refractivity contribution in [3.63, 3.8) is 0 Å². The summed E-state index contributed by atoms with van der Waals surface area (Å²) in [6, 6.07) is 7.71. The van der Waals surface area contributed by atoms with Crippen molar-refractivity contribution in [2.45, 2.75) is 31.9 Å². The van der Waals surface area contributed by atoms with Gasteiger partial charge in [-0.05, 0) is 42.3 Å². The molecule has 1 fully saturated rings. The molecule has 1 aromatic carbocycles. The van der Waals surface area contributed by atoms with Gasteiger partial charge in [0, 0.05) is 17.9 Å². The lowest BCUT2D eigenvalue weighted by Gasteiger charge is -2.19.